The molecule has 0 spiro atoms. The van der Waals surface area contributed by atoms with Crippen molar-refractivity contribution in [1.29, 1.82) is 0 Å². The van der Waals surface area contributed by atoms with Crippen LogP contribution >= 0.6 is 0 Å². The minimum absolute atomic E-state index is 0.258. The van der Waals surface area contributed by atoms with Crippen LogP contribution in [-0.4, -0.2) is 36.5 Å². The average Bonchev–Trinajstić information content (AvgIpc) is 2.64. The number of carbonyl (C=O) groups excluding carboxylic acids is 1. The molecule has 0 aromatic heterocycles. The predicted molar refractivity (Wildman–Crippen MR) is 106 cm³/mol. The zero-order valence-corrected chi connectivity index (χ0v) is 16.7. The van der Waals surface area contributed by atoms with E-state index in [4.69, 9.17) is 14.2 Å². The number of hydrogen-bond acceptors (Lipinski definition) is 4. The van der Waals surface area contributed by atoms with Gasteiger partial charge in [-0.2, -0.15) is 0 Å². The fourth-order valence-corrected chi connectivity index (χ4v) is 3.38. The third kappa shape index (κ3) is 4.92. The van der Waals surface area contributed by atoms with E-state index in [0.29, 0.717) is 13.2 Å². The molecule has 0 radical (unpaired) electrons. The molecule has 1 heterocycles. The third-order valence-corrected chi connectivity index (χ3v) is 4.62. The zero-order chi connectivity index (χ0) is 19.4. The predicted octanol–water partition coefficient (Wildman–Crippen LogP) is 5.11. The lowest BCUT2D eigenvalue weighted by atomic mass is 10.1. The lowest BCUT2D eigenvalue weighted by Crippen LogP contribution is -2.47. The third-order valence-electron chi connectivity index (χ3n) is 4.62. The van der Waals surface area contributed by atoms with Crippen LogP contribution in [0.15, 0.2) is 36.4 Å². The first-order valence-corrected chi connectivity index (χ1v) is 9.54. The van der Waals surface area contributed by atoms with E-state index >= 15 is 0 Å². The zero-order valence-electron chi connectivity index (χ0n) is 16.7. The maximum atomic E-state index is 12.5. The summed E-state index contributed by atoms with van der Waals surface area (Å²) in [6.45, 7) is 6.73. The van der Waals surface area contributed by atoms with E-state index in [1.54, 1.807) is 12.0 Å². The largest absolute Gasteiger partial charge is 0.496 e. The molecule has 0 bridgehead atoms. The maximum Gasteiger partial charge on any atom is 0.412 e. The minimum atomic E-state index is -0.509. The first kappa shape index (κ1) is 19.5. The van der Waals surface area contributed by atoms with Crippen LogP contribution in [0.25, 0.3) is 10.8 Å². The monoisotopic (exact) mass is 371 g/mol. The molecule has 1 fully saturated rings. The van der Waals surface area contributed by atoms with Gasteiger partial charge in [0, 0.05) is 11.9 Å². The molecule has 0 N–H and O–H groups in total. The molecule has 2 aromatic rings. The summed E-state index contributed by atoms with van der Waals surface area (Å²) in [6, 6.07) is 12.2. The molecule has 0 saturated carbocycles. The standard InChI is InChI=1S/C22H29NO4/c1-22(2,3)27-21(24)23-12-8-7-11-20(23)26-15-16-13-17-9-5-6-10-18(17)19(14-16)25-4/h5-6,9-10,13-14,20H,7-8,11-12,15H2,1-4H3. The van der Waals surface area contributed by atoms with Crippen LogP contribution in [0.2, 0.25) is 0 Å². The van der Waals surface area contributed by atoms with Gasteiger partial charge in [0.2, 0.25) is 0 Å². The van der Waals surface area contributed by atoms with Gasteiger partial charge in [0.15, 0.2) is 0 Å². The molecule has 1 aliphatic rings. The van der Waals surface area contributed by atoms with Crippen LogP contribution in [0.3, 0.4) is 0 Å². The summed E-state index contributed by atoms with van der Waals surface area (Å²) in [7, 11) is 1.68. The number of amides is 1. The Morgan fingerprint density at radius 3 is 2.70 bits per heavy atom. The Balaban J connectivity index is 1.72. The summed E-state index contributed by atoms with van der Waals surface area (Å²) >= 11 is 0. The van der Waals surface area contributed by atoms with Crippen molar-refractivity contribution in [2.75, 3.05) is 13.7 Å². The Morgan fingerprint density at radius 1 is 1.19 bits per heavy atom. The average molecular weight is 371 g/mol. The molecule has 5 heteroatoms. The number of methoxy groups -OCH3 is 1. The van der Waals surface area contributed by atoms with Gasteiger partial charge in [-0.15, -0.1) is 0 Å². The van der Waals surface area contributed by atoms with Gasteiger partial charge in [-0.3, -0.25) is 4.90 Å². The number of hydrogen-bond donors (Lipinski definition) is 0. The summed E-state index contributed by atoms with van der Waals surface area (Å²) in [5, 5.41) is 2.19. The minimum Gasteiger partial charge on any atom is -0.496 e. The van der Waals surface area contributed by atoms with Gasteiger partial charge in [-0.1, -0.05) is 24.3 Å². The van der Waals surface area contributed by atoms with E-state index in [1.807, 2.05) is 45.0 Å². The molecule has 0 aliphatic carbocycles. The number of likely N-dealkylation sites (tertiary alicyclic amines) is 1. The smallest absolute Gasteiger partial charge is 0.412 e. The van der Waals surface area contributed by atoms with E-state index in [-0.39, 0.29) is 12.3 Å². The van der Waals surface area contributed by atoms with Crippen molar-refractivity contribution in [3.63, 3.8) is 0 Å². The van der Waals surface area contributed by atoms with Gasteiger partial charge in [0.25, 0.3) is 0 Å². The van der Waals surface area contributed by atoms with Gasteiger partial charge in [0.1, 0.15) is 17.6 Å². The Labute approximate surface area is 161 Å². The number of carbonyl (C=O) groups is 1. The molecular weight excluding hydrogens is 342 g/mol. The first-order chi connectivity index (χ1) is 12.9. The molecule has 3 rings (SSSR count). The second kappa shape index (κ2) is 8.17. The molecule has 27 heavy (non-hydrogen) atoms. The molecule has 2 aromatic carbocycles. The number of piperidine rings is 1. The summed E-state index contributed by atoms with van der Waals surface area (Å²) in [6.07, 6.45) is 2.28. The Kier molecular flexibility index (Phi) is 5.90. The Bertz CT molecular complexity index is 796. The molecule has 1 amide bonds. The van der Waals surface area contributed by atoms with Crippen molar-refractivity contribution in [1.82, 2.24) is 4.90 Å². The van der Waals surface area contributed by atoms with Crippen molar-refractivity contribution in [2.45, 2.75) is 58.5 Å². The molecule has 1 atom stereocenters. The lowest BCUT2D eigenvalue weighted by molar-refractivity contribution is -0.0897. The highest BCUT2D eigenvalue weighted by atomic mass is 16.6. The number of nitrogens with zero attached hydrogens (tertiary/aromatic N) is 1. The van der Waals surface area contributed by atoms with Gasteiger partial charge < -0.3 is 14.2 Å². The summed E-state index contributed by atoms with van der Waals surface area (Å²) < 4.78 is 17.2. The summed E-state index contributed by atoms with van der Waals surface area (Å²) in [4.78, 5) is 14.2. The van der Waals surface area contributed by atoms with Crippen molar-refractivity contribution < 1.29 is 19.0 Å². The topological polar surface area (TPSA) is 48.0 Å². The molecule has 1 aliphatic heterocycles. The van der Waals surface area contributed by atoms with Crippen LogP contribution < -0.4 is 4.74 Å². The number of rotatable bonds is 4. The second-order valence-corrected chi connectivity index (χ2v) is 7.95. The highest BCUT2D eigenvalue weighted by molar-refractivity contribution is 5.89. The highest BCUT2D eigenvalue weighted by Gasteiger charge is 2.31. The van der Waals surface area contributed by atoms with Gasteiger partial charge in [-0.05, 0) is 63.1 Å². The van der Waals surface area contributed by atoms with Crippen LogP contribution in [0.1, 0.15) is 45.6 Å². The Morgan fingerprint density at radius 2 is 1.96 bits per heavy atom. The van der Waals surface area contributed by atoms with Gasteiger partial charge in [0.05, 0.1) is 13.7 Å². The van der Waals surface area contributed by atoms with E-state index in [2.05, 4.69) is 12.1 Å². The van der Waals surface area contributed by atoms with E-state index in [1.165, 1.54) is 0 Å². The second-order valence-electron chi connectivity index (χ2n) is 7.95. The molecule has 146 valence electrons. The van der Waals surface area contributed by atoms with Gasteiger partial charge in [-0.25, -0.2) is 4.79 Å². The molecule has 1 unspecified atom stereocenters. The lowest BCUT2D eigenvalue weighted by Gasteiger charge is -2.36. The van der Waals surface area contributed by atoms with Gasteiger partial charge >= 0.3 is 6.09 Å². The van der Waals surface area contributed by atoms with Crippen LogP contribution in [-0.2, 0) is 16.1 Å². The first-order valence-electron chi connectivity index (χ1n) is 9.54. The number of benzene rings is 2. The number of fused-ring (bicyclic) bond motifs is 1. The maximum absolute atomic E-state index is 12.5. The number of ether oxygens (including phenoxy) is 3. The Hall–Kier alpha value is -2.27. The van der Waals surface area contributed by atoms with Crippen molar-refractivity contribution in [3.8, 4) is 5.75 Å². The van der Waals surface area contributed by atoms with Crippen molar-refractivity contribution in [3.05, 3.63) is 42.0 Å². The molecule has 1 saturated heterocycles. The van der Waals surface area contributed by atoms with E-state index in [9.17, 15) is 4.79 Å². The van der Waals surface area contributed by atoms with Crippen molar-refractivity contribution in [2.24, 2.45) is 0 Å². The normalized spacial score (nSPS) is 17.8. The van der Waals surface area contributed by atoms with E-state index in [0.717, 1.165) is 41.3 Å². The van der Waals surface area contributed by atoms with Crippen LogP contribution in [0.5, 0.6) is 5.75 Å². The molecule has 5 nitrogen and oxygen atoms in total. The fraction of sp³-hybridized carbons (Fsp3) is 0.500. The summed E-state index contributed by atoms with van der Waals surface area (Å²) in [5.74, 6) is 0.833. The van der Waals surface area contributed by atoms with E-state index < -0.39 is 5.60 Å². The van der Waals surface area contributed by atoms with Crippen LogP contribution in [0.4, 0.5) is 4.79 Å². The summed E-state index contributed by atoms with van der Waals surface area (Å²) in [5.41, 5.74) is 0.519. The van der Waals surface area contributed by atoms with Crippen molar-refractivity contribution >= 4 is 16.9 Å². The van der Waals surface area contributed by atoms with Crippen LogP contribution in [0, 0.1) is 0 Å². The fourth-order valence-electron chi connectivity index (χ4n) is 3.38. The highest BCUT2D eigenvalue weighted by Crippen LogP contribution is 2.29. The SMILES string of the molecule is COc1cc(COC2CCCCN2C(=O)OC(C)(C)C)cc2ccccc12. The quantitative estimate of drug-likeness (QED) is 0.749. The molecular formula is C22H29NO4.